The van der Waals surface area contributed by atoms with Gasteiger partial charge in [-0.25, -0.2) is 4.98 Å². The Morgan fingerprint density at radius 1 is 1.20 bits per heavy atom. The minimum Gasteiger partial charge on any atom is -0.494 e. The molecule has 1 aromatic heterocycles. The molecule has 3 aromatic rings. The summed E-state index contributed by atoms with van der Waals surface area (Å²) in [6, 6.07) is 15.3. The number of rotatable bonds is 3. The number of ether oxygens (including phenoxy) is 1. The first kappa shape index (κ1) is 12.2. The Labute approximate surface area is 116 Å². The van der Waals surface area contributed by atoms with Crippen molar-refractivity contribution in [3.63, 3.8) is 0 Å². The van der Waals surface area contributed by atoms with E-state index in [1.807, 2.05) is 37.3 Å². The summed E-state index contributed by atoms with van der Waals surface area (Å²) in [7, 11) is 0. The number of nitriles is 1. The molecule has 0 spiro atoms. The summed E-state index contributed by atoms with van der Waals surface area (Å²) in [5.41, 5.74) is 3.34. The van der Waals surface area contributed by atoms with Crippen LogP contribution in [0.5, 0.6) is 5.75 Å². The van der Waals surface area contributed by atoms with Gasteiger partial charge in [-0.3, -0.25) is 0 Å². The predicted octanol–water partition coefficient (Wildman–Crippen LogP) is 3.50. The quantitative estimate of drug-likeness (QED) is 0.786. The van der Waals surface area contributed by atoms with Crippen molar-refractivity contribution in [1.82, 2.24) is 9.97 Å². The molecule has 2 aromatic carbocycles. The Balaban J connectivity index is 1.99. The first-order chi connectivity index (χ1) is 9.80. The number of fused-ring (bicyclic) bond motifs is 1. The molecule has 0 saturated carbocycles. The molecule has 4 nitrogen and oxygen atoms in total. The maximum Gasteiger partial charge on any atom is 0.138 e. The molecule has 0 bridgehead atoms. The third kappa shape index (κ3) is 2.21. The normalized spacial score (nSPS) is 10.4. The molecular formula is C16H13N3O. The fourth-order valence-electron chi connectivity index (χ4n) is 2.09. The number of aromatic nitrogens is 2. The Kier molecular flexibility index (Phi) is 3.10. The van der Waals surface area contributed by atoms with Crippen LogP contribution in [-0.4, -0.2) is 16.6 Å². The van der Waals surface area contributed by atoms with Crippen LogP contribution in [0.3, 0.4) is 0 Å². The lowest BCUT2D eigenvalue weighted by Gasteiger charge is -2.02. The fourth-order valence-corrected chi connectivity index (χ4v) is 2.09. The Bertz CT molecular complexity index is 782. The van der Waals surface area contributed by atoms with Crippen molar-refractivity contribution in [3.8, 4) is 23.2 Å². The van der Waals surface area contributed by atoms with Crippen LogP contribution in [0.25, 0.3) is 22.4 Å². The van der Waals surface area contributed by atoms with Crippen LogP contribution in [-0.2, 0) is 0 Å². The molecule has 0 aliphatic carbocycles. The molecule has 0 fully saturated rings. The zero-order valence-electron chi connectivity index (χ0n) is 11.1. The van der Waals surface area contributed by atoms with E-state index < -0.39 is 0 Å². The van der Waals surface area contributed by atoms with E-state index in [1.54, 1.807) is 12.1 Å². The molecule has 4 heteroatoms. The smallest absolute Gasteiger partial charge is 0.138 e. The van der Waals surface area contributed by atoms with Crippen LogP contribution in [0.4, 0.5) is 0 Å². The summed E-state index contributed by atoms with van der Waals surface area (Å²) in [5.74, 6) is 1.64. The monoisotopic (exact) mass is 263 g/mol. The molecule has 20 heavy (non-hydrogen) atoms. The van der Waals surface area contributed by atoms with Crippen LogP contribution < -0.4 is 4.74 Å². The molecule has 0 amide bonds. The van der Waals surface area contributed by atoms with Gasteiger partial charge in [0, 0.05) is 5.56 Å². The largest absolute Gasteiger partial charge is 0.494 e. The number of aromatic amines is 1. The molecule has 1 heterocycles. The van der Waals surface area contributed by atoms with Crippen LogP contribution in [0.15, 0.2) is 42.5 Å². The van der Waals surface area contributed by atoms with Crippen molar-refractivity contribution in [2.75, 3.05) is 6.61 Å². The van der Waals surface area contributed by atoms with E-state index in [9.17, 15) is 0 Å². The summed E-state index contributed by atoms with van der Waals surface area (Å²) < 4.78 is 5.42. The minimum atomic E-state index is 0.624. The van der Waals surface area contributed by atoms with Crippen molar-refractivity contribution < 1.29 is 4.74 Å². The molecule has 0 aliphatic rings. The second-order valence-electron chi connectivity index (χ2n) is 4.39. The van der Waals surface area contributed by atoms with E-state index in [2.05, 4.69) is 16.0 Å². The van der Waals surface area contributed by atoms with Crippen molar-refractivity contribution in [2.45, 2.75) is 6.92 Å². The fraction of sp³-hybridized carbons (Fsp3) is 0.125. The van der Waals surface area contributed by atoms with Gasteiger partial charge in [-0.15, -0.1) is 0 Å². The lowest BCUT2D eigenvalue weighted by atomic mass is 10.2. The second kappa shape index (κ2) is 5.06. The van der Waals surface area contributed by atoms with E-state index in [-0.39, 0.29) is 0 Å². The Hall–Kier alpha value is -2.80. The molecule has 3 rings (SSSR count). The van der Waals surface area contributed by atoms with E-state index in [0.717, 1.165) is 28.2 Å². The van der Waals surface area contributed by atoms with Gasteiger partial charge in [0.2, 0.25) is 0 Å². The third-order valence-corrected chi connectivity index (χ3v) is 3.05. The lowest BCUT2D eigenvalue weighted by molar-refractivity contribution is 0.340. The predicted molar refractivity (Wildman–Crippen MR) is 77.4 cm³/mol. The Morgan fingerprint density at radius 2 is 2.00 bits per heavy atom. The molecule has 0 saturated heterocycles. The van der Waals surface area contributed by atoms with Crippen LogP contribution in [0.2, 0.25) is 0 Å². The number of nitrogens with zero attached hydrogens (tertiary/aromatic N) is 2. The number of imidazole rings is 1. The van der Waals surface area contributed by atoms with Gasteiger partial charge < -0.3 is 9.72 Å². The second-order valence-corrected chi connectivity index (χ2v) is 4.39. The topological polar surface area (TPSA) is 61.7 Å². The molecular weight excluding hydrogens is 250 g/mol. The van der Waals surface area contributed by atoms with Crippen LogP contribution in [0.1, 0.15) is 12.5 Å². The molecule has 0 radical (unpaired) electrons. The number of nitrogens with one attached hydrogen (secondary N) is 1. The standard InChI is InChI=1S/C16H13N3O/c1-2-20-13-6-4-12(5-7-13)16-18-14-8-3-11(10-17)9-15(14)19-16/h3-9H,2H2,1H3,(H,18,19). The lowest BCUT2D eigenvalue weighted by Crippen LogP contribution is -1.90. The zero-order chi connectivity index (χ0) is 13.9. The van der Waals surface area contributed by atoms with Crippen LogP contribution in [0, 0.1) is 11.3 Å². The van der Waals surface area contributed by atoms with Gasteiger partial charge in [0.1, 0.15) is 11.6 Å². The molecule has 98 valence electrons. The molecule has 0 atom stereocenters. The zero-order valence-corrected chi connectivity index (χ0v) is 11.1. The van der Waals surface area contributed by atoms with E-state index in [1.165, 1.54) is 0 Å². The number of hydrogen-bond donors (Lipinski definition) is 1. The van der Waals surface area contributed by atoms with Gasteiger partial charge >= 0.3 is 0 Å². The van der Waals surface area contributed by atoms with Gasteiger partial charge in [-0.2, -0.15) is 5.26 Å². The highest BCUT2D eigenvalue weighted by Crippen LogP contribution is 2.23. The van der Waals surface area contributed by atoms with Crippen molar-refractivity contribution in [2.24, 2.45) is 0 Å². The van der Waals surface area contributed by atoms with Gasteiger partial charge in [-0.05, 0) is 49.4 Å². The van der Waals surface area contributed by atoms with Crippen molar-refractivity contribution in [3.05, 3.63) is 48.0 Å². The van der Waals surface area contributed by atoms with E-state index in [0.29, 0.717) is 12.2 Å². The summed E-state index contributed by atoms with van der Waals surface area (Å²) in [6.07, 6.45) is 0. The number of benzene rings is 2. The van der Waals surface area contributed by atoms with Gasteiger partial charge in [0.05, 0.1) is 29.3 Å². The molecule has 0 aliphatic heterocycles. The van der Waals surface area contributed by atoms with Crippen molar-refractivity contribution in [1.29, 1.82) is 5.26 Å². The maximum absolute atomic E-state index is 8.90. The summed E-state index contributed by atoms with van der Waals surface area (Å²) in [4.78, 5) is 7.76. The molecule has 0 unspecified atom stereocenters. The minimum absolute atomic E-state index is 0.624. The Morgan fingerprint density at radius 3 is 2.70 bits per heavy atom. The first-order valence-electron chi connectivity index (χ1n) is 6.43. The molecule has 1 N–H and O–H groups in total. The SMILES string of the molecule is CCOc1ccc(-c2nc3ccc(C#N)cc3[nH]2)cc1. The summed E-state index contributed by atoms with van der Waals surface area (Å²) in [6.45, 7) is 2.61. The number of H-pyrrole nitrogens is 1. The van der Waals surface area contributed by atoms with Gasteiger partial charge in [-0.1, -0.05) is 0 Å². The highest BCUT2D eigenvalue weighted by molar-refractivity contribution is 5.80. The summed E-state index contributed by atoms with van der Waals surface area (Å²) >= 11 is 0. The van der Waals surface area contributed by atoms with E-state index in [4.69, 9.17) is 10.00 Å². The maximum atomic E-state index is 8.90. The highest BCUT2D eigenvalue weighted by Gasteiger charge is 2.06. The summed E-state index contributed by atoms with van der Waals surface area (Å²) in [5, 5.41) is 8.90. The van der Waals surface area contributed by atoms with E-state index >= 15 is 0 Å². The van der Waals surface area contributed by atoms with Gasteiger partial charge in [0.25, 0.3) is 0 Å². The average Bonchev–Trinajstić information content (AvgIpc) is 2.91. The number of hydrogen-bond acceptors (Lipinski definition) is 3. The highest BCUT2D eigenvalue weighted by atomic mass is 16.5. The van der Waals surface area contributed by atoms with Gasteiger partial charge in [0.15, 0.2) is 0 Å². The first-order valence-corrected chi connectivity index (χ1v) is 6.43. The van der Waals surface area contributed by atoms with Crippen molar-refractivity contribution >= 4 is 11.0 Å². The van der Waals surface area contributed by atoms with Crippen LogP contribution >= 0.6 is 0 Å². The third-order valence-electron chi connectivity index (χ3n) is 3.05. The average molecular weight is 263 g/mol.